The zero-order chi connectivity index (χ0) is 13.0. The largest absolute Gasteiger partial charge is 0.265 e. The first-order valence-electron chi connectivity index (χ1n) is 6.70. The van der Waals surface area contributed by atoms with Gasteiger partial charge in [-0.2, -0.15) is 0 Å². The molecule has 1 aromatic heterocycles. The Hall–Kier alpha value is -0.830. The summed E-state index contributed by atoms with van der Waals surface area (Å²) in [5.74, 6) is 0.955. The second-order valence-electron chi connectivity index (χ2n) is 5.96. The molecular formula is C15H22N2S. The van der Waals surface area contributed by atoms with Gasteiger partial charge >= 0.3 is 0 Å². The molecule has 1 fully saturated rings. The van der Waals surface area contributed by atoms with Crippen molar-refractivity contribution in [2.45, 2.75) is 51.2 Å². The average Bonchev–Trinajstić information content (AvgIpc) is 3.13. The normalized spacial score (nSPS) is 16.9. The predicted octanol–water partition coefficient (Wildman–Crippen LogP) is 4.51. The Balaban J connectivity index is 2.06. The van der Waals surface area contributed by atoms with Gasteiger partial charge in [0.05, 0.1) is 5.71 Å². The molecule has 1 aliphatic carbocycles. The minimum Gasteiger partial charge on any atom is -0.265 e. The Morgan fingerprint density at radius 3 is 2.56 bits per heavy atom. The summed E-state index contributed by atoms with van der Waals surface area (Å²) in [5, 5.41) is 0. The molecular weight excluding hydrogens is 240 g/mol. The summed E-state index contributed by atoms with van der Waals surface area (Å²) in [4.78, 5) is 4.08. The molecule has 1 aliphatic rings. The van der Waals surface area contributed by atoms with Gasteiger partial charge in [-0.15, -0.1) is 0 Å². The van der Waals surface area contributed by atoms with E-state index < -0.39 is 0 Å². The van der Waals surface area contributed by atoms with Crippen LogP contribution in [0.1, 0.15) is 52.0 Å². The molecule has 0 spiro atoms. The predicted molar refractivity (Wildman–Crippen MR) is 80.1 cm³/mol. The number of rotatable bonds is 5. The van der Waals surface area contributed by atoms with Crippen LogP contribution in [0.3, 0.4) is 0 Å². The van der Waals surface area contributed by atoms with Crippen LogP contribution in [0.25, 0.3) is 0 Å². The molecule has 98 valence electrons. The molecule has 1 saturated carbocycles. The molecule has 1 aromatic rings. The first-order chi connectivity index (χ1) is 8.54. The number of nitrogens with zero attached hydrogens (tertiary/aromatic N) is 2. The molecule has 2 nitrogen and oxygen atoms in total. The SMILES string of the molecule is CC(C)(C)SN=C(CCC1CC1)c1ccncc1. The third-order valence-corrected chi connectivity index (χ3v) is 3.79. The van der Waals surface area contributed by atoms with E-state index in [1.807, 2.05) is 12.4 Å². The smallest absolute Gasteiger partial charge is 0.0560 e. The van der Waals surface area contributed by atoms with Crippen molar-refractivity contribution in [3.63, 3.8) is 0 Å². The summed E-state index contributed by atoms with van der Waals surface area (Å²) < 4.78 is 4.95. The number of pyridine rings is 1. The molecule has 0 bridgehead atoms. The quantitative estimate of drug-likeness (QED) is 0.576. The molecule has 0 N–H and O–H groups in total. The average molecular weight is 262 g/mol. The van der Waals surface area contributed by atoms with Gasteiger partial charge in [0.15, 0.2) is 0 Å². The molecule has 1 heterocycles. The summed E-state index contributed by atoms with van der Waals surface area (Å²) >= 11 is 1.68. The Morgan fingerprint density at radius 1 is 1.33 bits per heavy atom. The highest BCUT2D eigenvalue weighted by Crippen LogP contribution is 2.34. The summed E-state index contributed by atoms with van der Waals surface area (Å²) in [7, 11) is 0. The molecule has 0 aromatic carbocycles. The Bertz CT molecular complexity index is 402. The van der Waals surface area contributed by atoms with E-state index >= 15 is 0 Å². The molecule has 0 unspecified atom stereocenters. The monoisotopic (exact) mass is 262 g/mol. The molecule has 0 saturated heterocycles. The van der Waals surface area contributed by atoms with Crippen LogP contribution >= 0.6 is 11.9 Å². The van der Waals surface area contributed by atoms with Gasteiger partial charge in [-0.3, -0.25) is 4.98 Å². The maximum absolute atomic E-state index is 4.77. The lowest BCUT2D eigenvalue weighted by Gasteiger charge is -2.15. The van der Waals surface area contributed by atoms with E-state index in [4.69, 9.17) is 4.40 Å². The maximum atomic E-state index is 4.77. The van der Waals surface area contributed by atoms with E-state index in [9.17, 15) is 0 Å². The lowest BCUT2D eigenvalue weighted by Crippen LogP contribution is -2.08. The van der Waals surface area contributed by atoms with Gasteiger partial charge in [0.25, 0.3) is 0 Å². The fourth-order valence-corrected chi connectivity index (χ4v) is 2.31. The van der Waals surface area contributed by atoms with Crippen LogP contribution in [0.2, 0.25) is 0 Å². The van der Waals surface area contributed by atoms with Crippen molar-refractivity contribution in [2.24, 2.45) is 10.3 Å². The van der Waals surface area contributed by atoms with Gasteiger partial charge in [0.2, 0.25) is 0 Å². The third kappa shape index (κ3) is 4.81. The fraction of sp³-hybridized carbons (Fsp3) is 0.600. The van der Waals surface area contributed by atoms with E-state index in [-0.39, 0.29) is 4.75 Å². The number of aromatic nitrogens is 1. The van der Waals surface area contributed by atoms with E-state index in [1.165, 1.54) is 30.5 Å². The Labute approximate surface area is 114 Å². The highest BCUT2D eigenvalue weighted by Gasteiger charge is 2.22. The van der Waals surface area contributed by atoms with Crippen LogP contribution in [0.5, 0.6) is 0 Å². The van der Waals surface area contributed by atoms with Gasteiger partial charge in [0.1, 0.15) is 0 Å². The van der Waals surface area contributed by atoms with Crippen molar-refractivity contribution >= 4 is 17.7 Å². The second-order valence-corrected chi connectivity index (χ2v) is 7.55. The van der Waals surface area contributed by atoms with Crippen LogP contribution in [0.15, 0.2) is 28.9 Å². The molecule has 3 heteroatoms. The molecule has 2 rings (SSSR count). The van der Waals surface area contributed by atoms with Gasteiger partial charge in [-0.25, -0.2) is 4.40 Å². The van der Waals surface area contributed by atoms with E-state index in [0.29, 0.717) is 0 Å². The van der Waals surface area contributed by atoms with Crippen molar-refractivity contribution in [2.75, 3.05) is 0 Å². The highest BCUT2D eigenvalue weighted by atomic mass is 32.2. The fourth-order valence-electron chi connectivity index (χ4n) is 1.73. The van der Waals surface area contributed by atoms with Crippen LogP contribution in [0, 0.1) is 5.92 Å². The van der Waals surface area contributed by atoms with Gasteiger partial charge in [-0.05, 0) is 69.2 Å². The van der Waals surface area contributed by atoms with Gasteiger partial charge < -0.3 is 0 Å². The Kier molecular flexibility index (Phi) is 4.44. The molecule has 0 amide bonds. The standard InChI is InChI=1S/C15H22N2S/c1-15(2,3)18-17-14(7-6-12-4-5-12)13-8-10-16-11-9-13/h8-12H,4-7H2,1-3H3. The second kappa shape index (κ2) is 5.87. The minimum absolute atomic E-state index is 0.178. The lowest BCUT2D eigenvalue weighted by molar-refractivity contribution is 0.759. The minimum atomic E-state index is 0.178. The van der Waals surface area contributed by atoms with Crippen molar-refractivity contribution in [1.29, 1.82) is 0 Å². The van der Waals surface area contributed by atoms with Crippen LogP contribution in [0.4, 0.5) is 0 Å². The van der Waals surface area contributed by atoms with Gasteiger partial charge in [-0.1, -0.05) is 12.8 Å². The highest BCUT2D eigenvalue weighted by molar-refractivity contribution is 7.99. The van der Waals surface area contributed by atoms with Gasteiger partial charge in [0, 0.05) is 17.1 Å². The lowest BCUT2D eigenvalue weighted by atomic mass is 10.1. The van der Waals surface area contributed by atoms with Crippen molar-refractivity contribution in [3.05, 3.63) is 30.1 Å². The molecule has 18 heavy (non-hydrogen) atoms. The Morgan fingerprint density at radius 2 is 2.00 bits per heavy atom. The first kappa shape index (κ1) is 13.6. The van der Waals surface area contributed by atoms with E-state index in [0.717, 1.165) is 12.3 Å². The zero-order valence-electron chi connectivity index (χ0n) is 11.5. The van der Waals surface area contributed by atoms with Crippen LogP contribution < -0.4 is 0 Å². The summed E-state index contributed by atoms with van der Waals surface area (Å²) in [6, 6.07) is 4.13. The van der Waals surface area contributed by atoms with Crippen LogP contribution in [-0.2, 0) is 0 Å². The summed E-state index contributed by atoms with van der Waals surface area (Å²) in [6.45, 7) is 6.60. The molecule has 0 atom stereocenters. The third-order valence-electron chi connectivity index (χ3n) is 2.93. The maximum Gasteiger partial charge on any atom is 0.0560 e. The van der Waals surface area contributed by atoms with Crippen molar-refractivity contribution in [1.82, 2.24) is 4.98 Å². The zero-order valence-corrected chi connectivity index (χ0v) is 12.3. The topological polar surface area (TPSA) is 25.2 Å². The number of hydrogen-bond donors (Lipinski definition) is 0. The van der Waals surface area contributed by atoms with E-state index in [1.54, 1.807) is 11.9 Å². The van der Waals surface area contributed by atoms with Crippen molar-refractivity contribution in [3.8, 4) is 0 Å². The molecule has 0 radical (unpaired) electrons. The summed E-state index contributed by atoms with van der Waals surface area (Å²) in [6.07, 6.45) is 8.91. The van der Waals surface area contributed by atoms with Crippen LogP contribution in [-0.4, -0.2) is 15.4 Å². The summed E-state index contributed by atoms with van der Waals surface area (Å²) in [5.41, 5.74) is 2.45. The number of hydrogen-bond acceptors (Lipinski definition) is 3. The molecule has 0 aliphatic heterocycles. The first-order valence-corrected chi connectivity index (χ1v) is 7.47. The van der Waals surface area contributed by atoms with E-state index in [2.05, 4.69) is 37.9 Å². The van der Waals surface area contributed by atoms with Crippen molar-refractivity contribution < 1.29 is 0 Å².